The third-order valence-corrected chi connectivity index (χ3v) is 4.55. The molecule has 3 rings (SSSR count). The zero-order valence-electron chi connectivity index (χ0n) is 13.2. The van der Waals surface area contributed by atoms with Gasteiger partial charge < -0.3 is 10.4 Å². The highest BCUT2D eigenvalue weighted by Crippen LogP contribution is 2.24. The number of aliphatic hydroxyl groups excluding tert-OH is 1. The van der Waals surface area contributed by atoms with Gasteiger partial charge in [-0.25, -0.2) is 0 Å². The maximum Gasteiger partial charge on any atom is 0.179 e. The summed E-state index contributed by atoms with van der Waals surface area (Å²) in [6, 6.07) is 19.2. The minimum absolute atomic E-state index is 0.140. The molecule has 2 aromatic carbocycles. The molecule has 3 atom stereocenters. The number of benzene rings is 2. The van der Waals surface area contributed by atoms with Crippen molar-refractivity contribution in [3.05, 3.63) is 71.8 Å². The number of aliphatic hydroxyl groups is 1. The summed E-state index contributed by atoms with van der Waals surface area (Å²) in [5, 5.41) is 13.8. The zero-order chi connectivity index (χ0) is 16.1. The average molecular weight is 309 g/mol. The molecule has 0 amide bonds. The Morgan fingerprint density at radius 2 is 1.70 bits per heavy atom. The van der Waals surface area contributed by atoms with Gasteiger partial charge in [-0.15, -0.1) is 0 Å². The van der Waals surface area contributed by atoms with E-state index in [-0.39, 0.29) is 17.9 Å². The first-order chi connectivity index (χ1) is 11.2. The highest BCUT2D eigenvalue weighted by atomic mass is 16.3. The van der Waals surface area contributed by atoms with Gasteiger partial charge in [-0.2, -0.15) is 0 Å². The lowest BCUT2D eigenvalue weighted by molar-refractivity contribution is 0.0882. The van der Waals surface area contributed by atoms with Crippen LogP contribution in [0.3, 0.4) is 0 Å². The molecule has 0 aliphatic carbocycles. The largest absolute Gasteiger partial charge is 0.388 e. The van der Waals surface area contributed by atoms with Gasteiger partial charge in [0.15, 0.2) is 5.78 Å². The summed E-state index contributed by atoms with van der Waals surface area (Å²) in [4.78, 5) is 12.6. The van der Waals surface area contributed by atoms with Crippen molar-refractivity contribution in [1.82, 2.24) is 5.32 Å². The summed E-state index contributed by atoms with van der Waals surface area (Å²) in [5.41, 5.74) is 1.69. The molecule has 1 fully saturated rings. The third-order valence-electron chi connectivity index (χ3n) is 4.55. The van der Waals surface area contributed by atoms with E-state index in [4.69, 9.17) is 0 Å². The topological polar surface area (TPSA) is 49.3 Å². The van der Waals surface area contributed by atoms with Crippen LogP contribution in [-0.4, -0.2) is 23.0 Å². The summed E-state index contributed by atoms with van der Waals surface area (Å²) in [7, 11) is 0. The van der Waals surface area contributed by atoms with Crippen molar-refractivity contribution in [2.45, 2.75) is 43.9 Å². The molecule has 3 nitrogen and oxygen atoms in total. The fourth-order valence-corrected chi connectivity index (χ4v) is 3.30. The summed E-state index contributed by atoms with van der Waals surface area (Å²) in [6.07, 6.45) is 3.04. The van der Waals surface area contributed by atoms with E-state index in [9.17, 15) is 9.90 Å². The van der Waals surface area contributed by atoms with Crippen molar-refractivity contribution in [1.29, 1.82) is 0 Å². The molecule has 23 heavy (non-hydrogen) atoms. The second kappa shape index (κ2) is 7.53. The Morgan fingerprint density at radius 1 is 1.04 bits per heavy atom. The first-order valence-corrected chi connectivity index (χ1v) is 8.32. The van der Waals surface area contributed by atoms with Crippen LogP contribution in [0.5, 0.6) is 0 Å². The average Bonchev–Trinajstić information content (AvgIpc) is 2.63. The SMILES string of the molecule is O=C(c1ccccc1)[C@@H]1CCC[C@H](C[C@H](O)c2ccccc2)N1. The fourth-order valence-electron chi connectivity index (χ4n) is 3.30. The van der Waals surface area contributed by atoms with E-state index in [1.807, 2.05) is 60.7 Å². The van der Waals surface area contributed by atoms with E-state index in [2.05, 4.69) is 5.32 Å². The molecular weight excluding hydrogens is 286 g/mol. The minimum Gasteiger partial charge on any atom is -0.388 e. The van der Waals surface area contributed by atoms with Gasteiger partial charge in [0.25, 0.3) is 0 Å². The molecule has 2 N–H and O–H groups in total. The van der Waals surface area contributed by atoms with Gasteiger partial charge in [0, 0.05) is 11.6 Å². The number of piperidine rings is 1. The number of hydrogen-bond acceptors (Lipinski definition) is 3. The highest BCUT2D eigenvalue weighted by molar-refractivity contribution is 6.00. The van der Waals surface area contributed by atoms with Crippen molar-refractivity contribution in [2.24, 2.45) is 0 Å². The minimum atomic E-state index is -0.487. The van der Waals surface area contributed by atoms with E-state index < -0.39 is 6.10 Å². The second-order valence-corrected chi connectivity index (χ2v) is 6.24. The van der Waals surface area contributed by atoms with E-state index in [0.717, 1.165) is 30.4 Å². The number of ketones is 1. The van der Waals surface area contributed by atoms with Crippen LogP contribution in [0.15, 0.2) is 60.7 Å². The Morgan fingerprint density at radius 3 is 2.39 bits per heavy atom. The van der Waals surface area contributed by atoms with Crippen molar-refractivity contribution in [3.63, 3.8) is 0 Å². The first-order valence-electron chi connectivity index (χ1n) is 8.32. The predicted molar refractivity (Wildman–Crippen MR) is 91.4 cm³/mol. The quantitative estimate of drug-likeness (QED) is 0.831. The zero-order valence-corrected chi connectivity index (χ0v) is 13.2. The summed E-state index contributed by atoms with van der Waals surface area (Å²) < 4.78 is 0. The van der Waals surface area contributed by atoms with Crippen LogP contribution in [0.25, 0.3) is 0 Å². The maximum absolute atomic E-state index is 12.6. The Kier molecular flexibility index (Phi) is 5.21. The van der Waals surface area contributed by atoms with E-state index in [0.29, 0.717) is 6.42 Å². The van der Waals surface area contributed by atoms with Gasteiger partial charge in [0.2, 0.25) is 0 Å². The number of nitrogens with one attached hydrogen (secondary N) is 1. The number of hydrogen-bond donors (Lipinski definition) is 2. The predicted octanol–water partition coefficient (Wildman–Crippen LogP) is 3.50. The van der Waals surface area contributed by atoms with Crippen molar-refractivity contribution in [3.8, 4) is 0 Å². The van der Waals surface area contributed by atoms with Gasteiger partial charge in [-0.1, -0.05) is 60.7 Å². The second-order valence-electron chi connectivity index (χ2n) is 6.24. The molecular formula is C20H23NO2. The summed E-state index contributed by atoms with van der Waals surface area (Å²) in [6.45, 7) is 0. The van der Waals surface area contributed by atoms with Crippen molar-refractivity contribution < 1.29 is 9.90 Å². The normalized spacial score (nSPS) is 22.5. The van der Waals surface area contributed by atoms with Crippen LogP contribution in [0.2, 0.25) is 0 Å². The monoisotopic (exact) mass is 309 g/mol. The summed E-state index contributed by atoms with van der Waals surface area (Å²) in [5.74, 6) is 0.157. The number of carbonyl (C=O) groups is 1. The van der Waals surface area contributed by atoms with Gasteiger partial charge in [-0.3, -0.25) is 4.79 Å². The Bertz CT molecular complexity index is 627. The van der Waals surface area contributed by atoms with Gasteiger partial charge in [0.1, 0.15) is 0 Å². The molecule has 0 bridgehead atoms. The molecule has 0 radical (unpaired) electrons. The molecule has 1 heterocycles. The van der Waals surface area contributed by atoms with Crippen molar-refractivity contribution >= 4 is 5.78 Å². The lowest BCUT2D eigenvalue weighted by atomic mass is 9.89. The molecule has 3 heteroatoms. The van der Waals surface area contributed by atoms with E-state index in [1.165, 1.54) is 0 Å². The maximum atomic E-state index is 12.6. The van der Waals surface area contributed by atoms with Crippen LogP contribution >= 0.6 is 0 Å². The summed E-state index contributed by atoms with van der Waals surface area (Å²) >= 11 is 0. The Labute approximate surface area is 137 Å². The van der Waals surface area contributed by atoms with Gasteiger partial charge in [-0.05, 0) is 31.2 Å². The van der Waals surface area contributed by atoms with Crippen LogP contribution in [0.4, 0.5) is 0 Å². The van der Waals surface area contributed by atoms with Gasteiger partial charge in [0.05, 0.1) is 12.1 Å². The molecule has 0 saturated carbocycles. The van der Waals surface area contributed by atoms with Crippen LogP contribution in [0, 0.1) is 0 Å². The molecule has 120 valence electrons. The molecule has 0 unspecified atom stereocenters. The van der Waals surface area contributed by atoms with E-state index >= 15 is 0 Å². The fraction of sp³-hybridized carbons (Fsp3) is 0.350. The molecule has 0 spiro atoms. The molecule has 1 aliphatic heterocycles. The molecule has 1 saturated heterocycles. The van der Waals surface area contributed by atoms with E-state index in [1.54, 1.807) is 0 Å². The van der Waals surface area contributed by atoms with Crippen LogP contribution < -0.4 is 5.32 Å². The highest BCUT2D eigenvalue weighted by Gasteiger charge is 2.28. The smallest absolute Gasteiger partial charge is 0.179 e. The standard InChI is InChI=1S/C20H23NO2/c22-19(15-8-3-1-4-9-15)14-17-12-7-13-18(21-17)20(23)16-10-5-2-6-11-16/h1-6,8-11,17-19,21-22H,7,12-14H2/t17-,18+,19+/m1/s1. The van der Waals surface area contributed by atoms with Crippen LogP contribution in [-0.2, 0) is 0 Å². The number of carbonyl (C=O) groups excluding carboxylic acids is 1. The first kappa shape index (κ1) is 15.9. The molecule has 1 aliphatic rings. The number of Topliss-reactive ketones (excluding diaryl/α,β-unsaturated/α-hetero) is 1. The van der Waals surface area contributed by atoms with Crippen molar-refractivity contribution in [2.75, 3.05) is 0 Å². The lowest BCUT2D eigenvalue weighted by Crippen LogP contribution is -2.47. The third kappa shape index (κ3) is 4.06. The Hall–Kier alpha value is -1.97. The van der Waals surface area contributed by atoms with Crippen LogP contribution in [0.1, 0.15) is 47.7 Å². The lowest BCUT2D eigenvalue weighted by Gasteiger charge is -2.31. The van der Waals surface area contributed by atoms with Gasteiger partial charge >= 0.3 is 0 Å². The molecule has 0 aromatic heterocycles. The number of rotatable bonds is 5. The Balaban J connectivity index is 1.61. The molecule has 2 aromatic rings.